The zero-order valence-corrected chi connectivity index (χ0v) is 13.9. The smallest absolute Gasteiger partial charge is 0.240 e. The largest absolute Gasteiger partial charge is 0.489 e. The minimum atomic E-state index is -3.54. The molecule has 1 aromatic carbocycles. The quantitative estimate of drug-likeness (QED) is 0.869. The second-order valence-electron chi connectivity index (χ2n) is 5.34. The van der Waals surface area contributed by atoms with Crippen molar-refractivity contribution in [3.8, 4) is 5.75 Å². The summed E-state index contributed by atoms with van der Waals surface area (Å²) in [5.74, 6) is 0.612. The molecule has 0 aliphatic carbocycles. The van der Waals surface area contributed by atoms with Crippen LogP contribution in [-0.4, -0.2) is 33.7 Å². The van der Waals surface area contributed by atoms with E-state index >= 15 is 0 Å². The van der Waals surface area contributed by atoms with Crippen molar-refractivity contribution >= 4 is 34.0 Å². The van der Waals surface area contributed by atoms with Crippen LogP contribution in [-0.2, 0) is 16.4 Å². The summed E-state index contributed by atoms with van der Waals surface area (Å²) in [6.07, 6.45) is 1.52. The van der Waals surface area contributed by atoms with Crippen molar-refractivity contribution in [3.63, 3.8) is 0 Å². The highest BCUT2D eigenvalue weighted by Crippen LogP contribution is 2.37. The second kappa shape index (κ2) is 6.30. The summed E-state index contributed by atoms with van der Waals surface area (Å²) in [5.41, 5.74) is 0.856. The van der Waals surface area contributed by atoms with E-state index < -0.39 is 10.0 Å². The minimum absolute atomic E-state index is 0. The van der Waals surface area contributed by atoms with Gasteiger partial charge in [0.1, 0.15) is 11.9 Å². The number of fused-ring (bicyclic) bond motifs is 1. The van der Waals surface area contributed by atoms with Crippen LogP contribution in [0.4, 0.5) is 0 Å². The predicted molar refractivity (Wildman–Crippen MR) is 84.1 cm³/mol. The normalized spacial score (nSPS) is 24.3. The minimum Gasteiger partial charge on any atom is -0.489 e. The van der Waals surface area contributed by atoms with E-state index in [2.05, 4.69) is 10.0 Å². The maximum atomic E-state index is 12.4. The summed E-state index contributed by atoms with van der Waals surface area (Å²) in [5, 5.41) is 3.49. The molecule has 3 rings (SSSR count). The van der Waals surface area contributed by atoms with Crippen molar-refractivity contribution in [2.24, 2.45) is 0 Å². The third-order valence-corrected chi connectivity index (χ3v) is 5.39. The third-order valence-electron chi connectivity index (χ3n) is 3.61. The lowest BCUT2D eigenvalue weighted by Gasteiger charge is -2.13. The maximum absolute atomic E-state index is 12.4. The van der Waals surface area contributed by atoms with Crippen LogP contribution in [0.1, 0.15) is 18.9 Å². The van der Waals surface area contributed by atoms with Gasteiger partial charge in [-0.15, -0.1) is 12.4 Å². The summed E-state index contributed by atoms with van der Waals surface area (Å²) in [6, 6.07) is 3.07. The summed E-state index contributed by atoms with van der Waals surface area (Å²) in [4.78, 5) is 0.214. The van der Waals surface area contributed by atoms with Crippen molar-refractivity contribution in [2.75, 3.05) is 13.1 Å². The Balaban J connectivity index is 0.00000161. The number of hydrogen-bond acceptors (Lipinski definition) is 4. The van der Waals surface area contributed by atoms with Crippen LogP contribution in [0.3, 0.4) is 0 Å². The van der Waals surface area contributed by atoms with Crippen LogP contribution in [0.25, 0.3) is 0 Å². The molecular formula is C13H18Cl2N2O3S. The van der Waals surface area contributed by atoms with Crippen LogP contribution in [0.2, 0.25) is 5.02 Å². The van der Waals surface area contributed by atoms with Gasteiger partial charge in [0.2, 0.25) is 10.0 Å². The summed E-state index contributed by atoms with van der Waals surface area (Å²) >= 11 is 6.13. The first-order valence-electron chi connectivity index (χ1n) is 6.68. The molecule has 2 aliphatic heterocycles. The van der Waals surface area contributed by atoms with E-state index in [0.29, 0.717) is 23.7 Å². The Labute approximate surface area is 135 Å². The molecule has 0 spiro atoms. The number of hydrogen-bond donors (Lipinski definition) is 2. The molecule has 0 saturated carbocycles. The maximum Gasteiger partial charge on any atom is 0.240 e. The molecular weight excluding hydrogens is 335 g/mol. The Bertz CT molecular complexity index is 631. The molecule has 1 aromatic rings. The second-order valence-corrected chi connectivity index (χ2v) is 7.46. The van der Waals surface area contributed by atoms with Gasteiger partial charge in [0.15, 0.2) is 0 Å². The molecule has 1 fully saturated rings. The highest BCUT2D eigenvalue weighted by Gasteiger charge is 2.28. The van der Waals surface area contributed by atoms with Crippen molar-refractivity contribution in [3.05, 3.63) is 22.7 Å². The molecule has 2 heterocycles. The number of sulfonamides is 1. The number of rotatable bonds is 3. The van der Waals surface area contributed by atoms with E-state index in [9.17, 15) is 8.42 Å². The van der Waals surface area contributed by atoms with E-state index in [1.807, 2.05) is 6.92 Å². The Morgan fingerprint density at radius 2 is 2.19 bits per heavy atom. The van der Waals surface area contributed by atoms with Gasteiger partial charge in [-0.3, -0.25) is 0 Å². The van der Waals surface area contributed by atoms with E-state index in [-0.39, 0.29) is 29.4 Å². The standard InChI is InChI=1S/C13H17ClN2O3S.ClH/c1-8-4-9-5-11(6-12(14)13(9)19-8)20(17,18)16-10-2-3-15-7-10;/h5-6,8,10,15-16H,2-4,7H2,1H3;1H. The fourth-order valence-electron chi connectivity index (χ4n) is 2.66. The fraction of sp³-hybridized carbons (Fsp3) is 0.538. The van der Waals surface area contributed by atoms with E-state index in [1.54, 1.807) is 6.07 Å². The first-order chi connectivity index (χ1) is 9.45. The van der Waals surface area contributed by atoms with Gasteiger partial charge in [0.25, 0.3) is 0 Å². The average Bonchev–Trinajstić information content (AvgIpc) is 2.97. The van der Waals surface area contributed by atoms with E-state index in [1.165, 1.54) is 6.07 Å². The van der Waals surface area contributed by atoms with Gasteiger partial charge in [-0.05, 0) is 32.0 Å². The molecule has 21 heavy (non-hydrogen) atoms. The number of ether oxygens (including phenoxy) is 1. The third kappa shape index (κ3) is 3.46. The lowest BCUT2D eigenvalue weighted by molar-refractivity contribution is 0.255. The van der Waals surface area contributed by atoms with Gasteiger partial charge in [-0.1, -0.05) is 11.6 Å². The Morgan fingerprint density at radius 3 is 2.86 bits per heavy atom. The summed E-state index contributed by atoms with van der Waals surface area (Å²) in [7, 11) is -3.54. The molecule has 5 nitrogen and oxygen atoms in total. The van der Waals surface area contributed by atoms with Crippen molar-refractivity contribution in [2.45, 2.75) is 36.8 Å². The highest BCUT2D eigenvalue weighted by molar-refractivity contribution is 7.89. The molecule has 0 radical (unpaired) electrons. The van der Waals surface area contributed by atoms with E-state index in [4.69, 9.17) is 16.3 Å². The predicted octanol–water partition coefficient (Wildman–Crippen LogP) is 1.73. The van der Waals surface area contributed by atoms with Crippen LogP contribution >= 0.6 is 24.0 Å². The number of halogens is 2. The van der Waals surface area contributed by atoms with Gasteiger partial charge in [0.05, 0.1) is 9.92 Å². The van der Waals surface area contributed by atoms with Crippen LogP contribution in [0, 0.1) is 0 Å². The monoisotopic (exact) mass is 352 g/mol. The lowest BCUT2D eigenvalue weighted by Crippen LogP contribution is -2.36. The molecule has 0 aromatic heterocycles. The SMILES string of the molecule is CC1Cc2cc(S(=O)(=O)NC3CCNC3)cc(Cl)c2O1.Cl. The molecule has 118 valence electrons. The van der Waals surface area contributed by atoms with Gasteiger partial charge >= 0.3 is 0 Å². The molecule has 2 atom stereocenters. The number of benzene rings is 1. The topological polar surface area (TPSA) is 67.4 Å². The van der Waals surface area contributed by atoms with Gasteiger partial charge in [0, 0.05) is 24.6 Å². The van der Waals surface area contributed by atoms with Crippen LogP contribution in [0.5, 0.6) is 5.75 Å². The van der Waals surface area contributed by atoms with Crippen molar-refractivity contribution in [1.29, 1.82) is 0 Å². The zero-order chi connectivity index (χ0) is 14.3. The number of nitrogens with one attached hydrogen (secondary N) is 2. The molecule has 2 unspecified atom stereocenters. The van der Waals surface area contributed by atoms with Crippen molar-refractivity contribution < 1.29 is 13.2 Å². The lowest BCUT2D eigenvalue weighted by atomic mass is 10.1. The molecule has 0 amide bonds. The first kappa shape index (κ1) is 16.8. The van der Waals surface area contributed by atoms with Crippen LogP contribution < -0.4 is 14.8 Å². The Morgan fingerprint density at radius 1 is 1.43 bits per heavy atom. The van der Waals surface area contributed by atoms with Gasteiger partial charge in [-0.2, -0.15) is 0 Å². The average molecular weight is 353 g/mol. The zero-order valence-electron chi connectivity index (χ0n) is 11.6. The molecule has 2 aliphatic rings. The van der Waals surface area contributed by atoms with Crippen LogP contribution in [0.15, 0.2) is 17.0 Å². The molecule has 0 bridgehead atoms. The molecule has 8 heteroatoms. The summed E-state index contributed by atoms with van der Waals surface area (Å²) in [6.45, 7) is 3.44. The van der Waals surface area contributed by atoms with E-state index in [0.717, 1.165) is 18.5 Å². The Kier molecular flexibility index (Phi) is 5.05. The Hall–Kier alpha value is -0.530. The fourth-order valence-corrected chi connectivity index (χ4v) is 4.35. The molecule has 1 saturated heterocycles. The highest BCUT2D eigenvalue weighted by atomic mass is 35.5. The first-order valence-corrected chi connectivity index (χ1v) is 8.54. The van der Waals surface area contributed by atoms with Gasteiger partial charge < -0.3 is 10.1 Å². The van der Waals surface area contributed by atoms with Crippen molar-refractivity contribution in [1.82, 2.24) is 10.0 Å². The van der Waals surface area contributed by atoms with Gasteiger partial charge in [-0.25, -0.2) is 13.1 Å². The summed E-state index contributed by atoms with van der Waals surface area (Å²) < 4.78 is 33.1. The molecule has 2 N–H and O–H groups in total.